The van der Waals surface area contributed by atoms with Crippen LogP contribution in [0, 0.1) is 6.92 Å². The summed E-state index contributed by atoms with van der Waals surface area (Å²) >= 11 is 0. The van der Waals surface area contributed by atoms with E-state index in [2.05, 4.69) is 5.32 Å². The van der Waals surface area contributed by atoms with Crippen molar-refractivity contribution in [2.45, 2.75) is 6.92 Å². The lowest BCUT2D eigenvalue weighted by Crippen LogP contribution is -2.19. The van der Waals surface area contributed by atoms with E-state index >= 15 is 0 Å². The molecule has 0 aliphatic carbocycles. The molecule has 5 nitrogen and oxygen atoms in total. The fraction of sp³-hybridized carbons (Fsp3) is 0.417. The molecule has 0 aliphatic heterocycles. The summed E-state index contributed by atoms with van der Waals surface area (Å²) in [5.74, 6) is -0.204. The molecule has 1 aromatic rings. The van der Waals surface area contributed by atoms with Crippen molar-refractivity contribution < 1.29 is 14.3 Å². The Morgan fingerprint density at radius 2 is 2.18 bits per heavy atom. The maximum absolute atomic E-state index is 11.5. The van der Waals surface area contributed by atoms with Crippen LogP contribution >= 0.6 is 0 Å². The largest absolute Gasteiger partial charge is 0.398 e. The number of nitrogen functional groups attached to an aromatic ring is 1. The van der Waals surface area contributed by atoms with E-state index in [-0.39, 0.29) is 12.5 Å². The van der Waals surface area contributed by atoms with Gasteiger partial charge in [-0.25, -0.2) is 0 Å². The molecule has 0 fully saturated rings. The Bertz CT molecular complexity index is 380. The zero-order chi connectivity index (χ0) is 12.7. The third-order valence-electron chi connectivity index (χ3n) is 2.23. The van der Waals surface area contributed by atoms with Crippen LogP contribution in [-0.2, 0) is 14.3 Å². The van der Waals surface area contributed by atoms with Crippen LogP contribution in [0.3, 0.4) is 0 Å². The summed E-state index contributed by atoms with van der Waals surface area (Å²) < 4.78 is 9.89. The number of hydrogen-bond acceptors (Lipinski definition) is 4. The van der Waals surface area contributed by atoms with Gasteiger partial charge in [0.15, 0.2) is 0 Å². The zero-order valence-electron chi connectivity index (χ0n) is 10.2. The monoisotopic (exact) mass is 238 g/mol. The summed E-state index contributed by atoms with van der Waals surface area (Å²) in [6, 6.07) is 5.39. The first-order valence-corrected chi connectivity index (χ1v) is 5.36. The van der Waals surface area contributed by atoms with Gasteiger partial charge in [-0.15, -0.1) is 0 Å². The van der Waals surface area contributed by atoms with Crippen LogP contribution in [-0.4, -0.2) is 32.8 Å². The van der Waals surface area contributed by atoms with Gasteiger partial charge in [0.05, 0.1) is 13.2 Å². The van der Waals surface area contributed by atoms with Gasteiger partial charge in [0, 0.05) is 18.5 Å². The highest BCUT2D eigenvalue weighted by Gasteiger charge is 2.03. The Morgan fingerprint density at radius 1 is 1.41 bits per heavy atom. The molecule has 0 saturated carbocycles. The van der Waals surface area contributed by atoms with Crippen LogP contribution in [0.1, 0.15) is 5.56 Å². The lowest BCUT2D eigenvalue weighted by atomic mass is 10.2. The highest BCUT2D eigenvalue weighted by atomic mass is 16.5. The number of carbonyl (C=O) groups is 1. The number of hydrogen-bond donors (Lipinski definition) is 2. The second-order valence-electron chi connectivity index (χ2n) is 3.66. The van der Waals surface area contributed by atoms with E-state index in [1.165, 1.54) is 0 Å². The van der Waals surface area contributed by atoms with Crippen LogP contribution in [0.4, 0.5) is 11.4 Å². The summed E-state index contributed by atoms with van der Waals surface area (Å²) in [6.07, 6.45) is 0. The highest BCUT2D eigenvalue weighted by molar-refractivity contribution is 5.92. The second-order valence-corrected chi connectivity index (χ2v) is 3.66. The van der Waals surface area contributed by atoms with Crippen molar-refractivity contribution in [1.29, 1.82) is 0 Å². The molecule has 0 spiro atoms. The molecule has 0 bridgehead atoms. The summed E-state index contributed by atoms with van der Waals surface area (Å²) in [5, 5.41) is 2.70. The Labute approximate surface area is 101 Å². The highest BCUT2D eigenvalue weighted by Crippen LogP contribution is 2.16. The molecule has 0 unspecified atom stereocenters. The molecule has 17 heavy (non-hydrogen) atoms. The minimum absolute atomic E-state index is 0.0111. The fourth-order valence-corrected chi connectivity index (χ4v) is 1.22. The maximum Gasteiger partial charge on any atom is 0.250 e. The molecule has 1 amide bonds. The molecule has 5 heteroatoms. The summed E-state index contributed by atoms with van der Waals surface area (Å²) in [7, 11) is 1.58. The number of carbonyl (C=O) groups excluding carboxylic acids is 1. The van der Waals surface area contributed by atoms with Crippen LogP contribution in [0.5, 0.6) is 0 Å². The zero-order valence-corrected chi connectivity index (χ0v) is 10.2. The first-order chi connectivity index (χ1) is 8.13. The van der Waals surface area contributed by atoms with Gasteiger partial charge in [0.2, 0.25) is 5.91 Å². The molecule has 1 aromatic carbocycles. The lowest BCUT2D eigenvalue weighted by Gasteiger charge is -2.08. The minimum Gasteiger partial charge on any atom is -0.398 e. The third-order valence-corrected chi connectivity index (χ3v) is 2.23. The Hall–Kier alpha value is -1.59. The number of anilines is 2. The molecule has 3 N–H and O–H groups in total. The number of benzene rings is 1. The Balaban J connectivity index is 2.37. The quantitative estimate of drug-likeness (QED) is 0.576. The molecular weight excluding hydrogens is 220 g/mol. The first kappa shape index (κ1) is 13.5. The number of aryl methyl sites for hydroxylation is 1. The van der Waals surface area contributed by atoms with E-state index in [9.17, 15) is 4.79 Å². The summed E-state index contributed by atoms with van der Waals surface area (Å²) in [5.41, 5.74) is 8.05. The predicted octanol–water partition coefficient (Wildman–Crippen LogP) is 1.18. The van der Waals surface area contributed by atoms with Gasteiger partial charge in [-0.2, -0.15) is 0 Å². The van der Waals surface area contributed by atoms with Gasteiger partial charge in [0.25, 0.3) is 0 Å². The smallest absolute Gasteiger partial charge is 0.250 e. The molecular formula is C12H18N2O3. The molecule has 94 valence electrons. The SMILES string of the molecule is COCCOCC(=O)Nc1ccc(C)c(N)c1. The maximum atomic E-state index is 11.5. The predicted molar refractivity (Wildman–Crippen MR) is 66.9 cm³/mol. The average molecular weight is 238 g/mol. The average Bonchev–Trinajstić information content (AvgIpc) is 2.30. The van der Waals surface area contributed by atoms with Crippen LogP contribution in [0.2, 0.25) is 0 Å². The topological polar surface area (TPSA) is 73.6 Å². The van der Waals surface area contributed by atoms with Gasteiger partial charge in [-0.05, 0) is 24.6 Å². The molecule has 0 heterocycles. The fourth-order valence-electron chi connectivity index (χ4n) is 1.22. The molecule has 0 radical (unpaired) electrons. The third kappa shape index (κ3) is 4.84. The van der Waals surface area contributed by atoms with E-state index in [1.807, 2.05) is 13.0 Å². The van der Waals surface area contributed by atoms with E-state index in [4.69, 9.17) is 15.2 Å². The van der Waals surface area contributed by atoms with Crippen molar-refractivity contribution in [1.82, 2.24) is 0 Å². The van der Waals surface area contributed by atoms with Crippen molar-refractivity contribution in [2.75, 3.05) is 38.0 Å². The number of methoxy groups -OCH3 is 1. The van der Waals surface area contributed by atoms with Gasteiger partial charge in [-0.3, -0.25) is 4.79 Å². The van der Waals surface area contributed by atoms with Crippen LogP contribution < -0.4 is 11.1 Å². The standard InChI is InChI=1S/C12H18N2O3/c1-9-3-4-10(7-11(9)13)14-12(15)8-17-6-5-16-2/h3-4,7H,5-6,8,13H2,1-2H3,(H,14,15). The molecule has 1 rings (SSSR count). The summed E-state index contributed by atoms with van der Waals surface area (Å²) in [4.78, 5) is 11.5. The van der Waals surface area contributed by atoms with E-state index in [0.717, 1.165) is 5.56 Å². The van der Waals surface area contributed by atoms with E-state index in [1.54, 1.807) is 19.2 Å². The van der Waals surface area contributed by atoms with E-state index in [0.29, 0.717) is 24.6 Å². The number of nitrogens with two attached hydrogens (primary N) is 1. The summed E-state index contributed by atoms with van der Waals surface area (Å²) in [6.45, 7) is 2.80. The van der Waals surface area contributed by atoms with Crippen molar-refractivity contribution in [3.05, 3.63) is 23.8 Å². The van der Waals surface area contributed by atoms with Crippen molar-refractivity contribution >= 4 is 17.3 Å². The van der Waals surface area contributed by atoms with Crippen LogP contribution in [0.15, 0.2) is 18.2 Å². The Morgan fingerprint density at radius 3 is 2.82 bits per heavy atom. The van der Waals surface area contributed by atoms with Crippen LogP contribution in [0.25, 0.3) is 0 Å². The molecule has 0 atom stereocenters. The molecule has 0 saturated heterocycles. The van der Waals surface area contributed by atoms with Crippen molar-refractivity contribution in [3.8, 4) is 0 Å². The van der Waals surface area contributed by atoms with Gasteiger partial charge in [-0.1, -0.05) is 6.07 Å². The number of nitrogens with one attached hydrogen (secondary N) is 1. The number of amides is 1. The number of rotatable bonds is 6. The molecule has 0 aliphatic rings. The van der Waals surface area contributed by atoms with Gasteiger partial charge >= 0.3 is 0 Å². The van der Waals surface area contributed by atoms with Gasteiger partial charge in [0.1, 0.15) is 6.61 Å². The second kappa shape index (κ2) is 6.88. The first-order valence-electron chi connectivity index (χ1n) is 5.36. The Kier molecular flexibility index (Phi) is 5.45. The number of ether oxygens (including phenoxy) is 2. The minimum atomic E-state index is -0.204. The van der Waals surface area contributed by atoms with Gasteiger partial charge < -0.3 is 20.5 Å². The van der Waals surface area contributed by atoms with Crippen molar-refractivity contribution in [2.24, 2.45) is 0 Å². The lowest BCUT2D eigenvalue weighted by molar-refractivity contribution is -0.121. The molecule has 0 aromatic heterocycles. The van der Waals surface area contributed by atoms with Crippen molar-refractivity contribution in [3.63, 3.8) is 0 Å². The normalized spacial score (nSPS) is 10.2. The van der Waals surface area contributed by atoms with E-state index < -0.39 is 0 Å².